The molecule has 4 nitrogen and oxygen atoms in total. The van der Waals surface area contributed by atoms with E-state index < -0.39 is 0 Å². The highest BCUT2D eigenvalue weighted by Crippen LogP contribution is 2.17. The normalized spacial score (nSPS) is 14.3. The molecule has 0 aliphatic heterocycles. The Bertz CT molecular complexity index is 593. The Morgan fingerprint density at radius 3 is 2.79 bits per heavy atom. The summed E-state index contributed by atoms with van der Waals surface area (Å²) < 4.78 is 1.72. The SMILES string of the molecule is CC(CCl)C(C)NC(=O)c1nn(C)c2ccccc12. The maximum absolute atomic E-state index is 12.3. The Labute approximate surface area is 117 Å². The number of carbonyl (C=O) groups excluding carboxylic acids is 1. The van der Waals surface area contributed by atoms with E-state index in [0.717, 1.165) is 10.9 Å². The highest BCUT2D eigenvalue weighted by Gasteiger charge is 2.19. The zero-order valence-corrected chi connectivity index (χ0v) is 12.1. The van der Waals surface area contributed by atoms with Crippen molar-refractivity contribution in [1.29, 1.82) is 0 Å². The average Bonchev–Trinajstić information content (AvgIpc) is 2.76. The average molecular weight is 280 g/mol. The Morgan fingerprint density at radius 1 is 1.42 bits per heavy atom. The summed E-state index contributed by atoms with van der Waals surface area (Å²) in [6.45, 7) is 3.96. The van der Waals surface area contributed by atoms with E-state index in [4.69, 9.17) is 11.6 Å². The third kappa shape index (κ3) is 2.73. The molecule has 0 bridgehead atoms. The third-order valence-electron chi connectivity index (χ3n) is 3.43. The highest BCUT2D eigenvalue weighted by atomic mass is 35.5. The smallest absolute Gasteiger partial charge is 0.272 e. The molecule has 1 aromatic carbocycles. The highest BCUT2D eigenvalue weighted by molar-refractivity contribution is 6.18. The van der Waals surface area contributed by atoms with Gasteiger partial charge in [-0.05, 0) is 18.9 Å². The number of hydrogen-bond donors (Lipinski definition) is 1. The van der Waals surface area contributed by atoms with Crippen LogP contribution in [0.4, 0.5) is 0 Å². The molecule has 1 amide bonds. The van der Waals surface area contributed by atoms with Crippen molar-refractivity contribution in [3.05, 3.63) is 30.0 Å². The van der Waals surface area contributed by atoms with Gasteiger partial charge in [-0.1, -0.05) is 25.1 Å². The van der Waals surface area contributed by atoms with Gasteiger partial charge in [0.1, 0.15) is 0 Å². The van der Waals surface area contributed by atoms with Crippen LogP contribution in [0.5, 0.6) is 0 Å². The van der Waals surface area contributed by atoms with Gasteiger partial charge >= 0.3 is 0 Å². The number of hydrogen-bond acceptors (Lipinski definition) is 2. The van der Waals surface area contributed by atoms with Crippen molar-refractivity contribution in [3.63, 3.8) is 0 Å². The number of aryl methyl sites for hydroxylation is 1. The Morgan fingerprint density at radius 2 is 2.11 bits per heavy atom. The first-order valence-electron chi connectivity index (χ1n) is 6.33. The van der Waals surface area contributed by atoms with Crippen LogP contribution in [0.2, 0.25) is 0 Å². The fraction of sp³-hybridized carbons (Fsp3) is 0.429. The maximum Gasteiger partial charge on any atom is 0.272 e. The molecule has 0 fully saturated rings. The van der Waals surface area contributed by atoms with Crippen molar-refractivity contribution in [3.8, 4) is 0 Å². The van der Waals surface area contributed by atoms with Crippen LogP contribution >= 0.6 is 11.6 Å². The largest absolute Gasteiger partial charge is 0.348 e. The molecular formula is C14H18ClN3O. The summed E-state index contributed by atoms with van der Waals surface area (Å²) in [5.74, 6) is 0.589. The number of amides is 1. The molecule has 2 unspecified atom stereocenters. The molecule has 0 spiro atoms. The standard InChI is InChI=1S/C14H18ClN3O/c1-9(8-15)10(2)16-14(19)13-11-6-4-5-7-12(11)18(3)17-13/h4-7,9-10H,8H2,1-3H3,(H,16,19). The lowest BCUT2D eigenvalue weighted by molar-refractivity contribution is 0.0926. The summed E-state index contributed by atoms with van der Waals surface area (Å²) in [5.41, 5.74) is 1.41. The summed E-state index contributed by atoms with van der Waals surface area (Å²) in [4.78, 5) is 12.3. The zero-order chi connectivity index (χ0) is 14.0. The van der Waals surface area contributed by atoms with E-state index in [1.165, 1.54) is 0 Å². The van der Waals surface area contributed by atoms with E-state index in [1.54, 1.807) is 4.68 Å². The number of carbonyl (C=O) groups is 1. The molecule has 19 heavy (non-hydrogen) atoms. The van der Waals surface area contributed by atoms with E-state index in [9.17, 15) is 4.79 Å². The summed E-state index contributed by atoms with van der Waals surface area (Å²) in [6.07, 6.45) is 0. The van der Waals surface area contributed by atoms with Gasteiger partial charge in [-0.2, -0.15) is 5.10 Å². The molecule has 0 aliphatic rings. The fourth-order valence-corrected chi connectivity index (χ4v) is 2.20. The minimum Gasteiger partial charge on any atom is -0.348 e. The molecular weight excluding hydrogens is 262 g/mol. The molecule has 2 atom stereocenters. The van der Waals surface area contributed by atoms with E-state index in [2.05, 4.69) is 10.4 Å². The molecule has 0 aliphatic carbocycles. The van der Waals surface area contributed by atoms with Crippen LogP contribution in [0, 0.1) is 5.92 Å². The molecule has 2 aromatic rings. The van der Waals surface area contributed by atoms with Crippen LogP contribution in [0.15, 0.2) is 24.3 Å². The van der Waals surface area contributed by atoms with Crippen molar-refractivity contribution in [2.24, 2.45) is 13.0 Å². The first kappa shape index (κ1) is 13.9. The topological polar surface area (TPSA) is 46.9 Å². The van der Waals surface area contributed by atoms with Crippen LogP contribution in [0.3, 0.4) is 0 Å². The zero-order valence-electron chi connectivity index (χ0n) is 11.4. The fourth-order valence-electron chi connectivity index (χ4n) is 1.93. The monoisotopic (exact) mass is 279 g/mol. The first-order valence-corrected chi connectivity index (χ1v) is 6.86. The van der Waals surface area contributed by atoms with Gasteiger partial charge in [0.05, 0.1) is 5.52 Å². The number of nitrogens with zero attached hydrogens (tertiary/aromatic N) is 2. The van der Waals surface area contributed by atoms with Gasteiger partial charge < -0.3 is 5.32 Å². The number of aromatic nitrogens is 2. The first-order chi connectivity index (χ1) is 9.04. The van der Waals surface area contributed by atoms with E-state index >= 15 is 0 Å². The summed E-state index contributed by atoms with van der Waals surface area (Å²) in [5, 5.41) is 8.12. The predicted octanol–water partition coefficient (Wildman–Crippen LogP) is 2.57. The Kier molecular flexibility index (Phi) is 4.10. The number of halogens is 1. The molecule has 2 rings (SSSR count). The lowest BCUT2D eigenvalue weighted by atomic mass is 10.1. The Hall–Kier alpha value is -1.55. The van der Waals surface area contributed by atoms with Gasteiger partial charge in [0.25, 0.3) is 5.91 Å². The second-order valence-corrected chi connectivity index (χ2v) is 5.19. The van der Waals surface area contributed by atoms with Gasteiger partial charge in [0.15, 0.2) is 5.69 Å². The van der Waals surface area contributed by atoms with Gasteiger partial charge in [0.2, 0.25) is 0 Å². The van der Waals surface area contributed by atoms with Crippen LogP contribution in [0.1, 0.15) is 24.3 Å². The number of rotatable bonds is 4. The van der Waals surface area contributed by atoms with Gasteiger partial charge in [-0.3, -0.25) is 9.48 Å². The quantitative estimate of drug-likeness (QED) is 0.875. The molecule has 102 valence electrons. The van der Waals surface area contributed by atoms with Crippen molar-refractivity contribution in [2.75, 3.05) is 5.88 Å². The molecule has 0 radical (unpaired) electrons. The van der Waals surface area contributed by atoms with E-state index in [1.807, 2.05) is 45.2 Å². The van der Waals surface area contributed by atoms with Gasteiger partial charge in [0, 0.05) is 24.4 Å². The van der Waals surface area contributed by atoms with Crippen LogP contribution in [0.25, 0.3) is 10.9 Å². The minimum absolute atomic E-state index is 0.0192. The molecule has 0 saturated heterocycles. The lowest BCUT2D eigenvalue weighted by Crippen LogP contribution is -2.38. The van der Waals surface area contributed by atoms with Crippen molar-refractivity contribution in [2.45, 2.75) is 19.9 Å². The second kappa shape index (κ2) is 5.61. The summed E-state index contributed by atoms with van der Waals surface area (Å²) in [7, 11) is 1.84. The van der Waals surface area contributed by atoms with E-state index in [-0.39, 0.29) is 17.9 Å². The van der Waals surface area contributed by atoms with Crippen molar-refractivity contribution < 1.29 is 4.79 Å². The molecule has 1 heterocycles. The van der Waals surface area contributed by atoms with Crippen molar-refractivity contribution >= 4 is 28.4 Å². The second-order valence-electron chi connectivity index (χ2n) is 4.88. The molecule has 1 aromatic heterocycles. The number of fused-ring (bicyclic) bond motifs is 1. The minimum atomic E-state index is -0.152. The number of nitrogens with one attached hydrogen (secondary N) is 1. The number of alkyl halides is 1. The van der Waals surface area contributed by atoms with Crippen LogP contribution < -0.4 is 5.32 Å². The molecule has 5 heteroatoms. The number of para-hydroxylation sites is 1. The predicted molar refractivity (Wildman–Crippen MR) is 77.5 cm³/mol. The third-order valence-corrected chi connectivity index (χ3v) is 3.92. The number of benzene rings is 1. The van der Waals surface area contributed by atoms with Crippen LogP contribution in [-0.2, 0) is 7.05 Å². The van der Waals surface area contributed by atoms with Crippen LogP contribution in [-0.4, -0.2) is 27.6 Å². The van der Waals surface area contributed by atoms with Gasteiger partial charge in [-0.15, -0.1) is 11.6 Å². The summed E-state index contributed by atoms with van der Waals surface area (Å²) in [6, 6.07) is 7.72. The molecule has 0 saturated carbocycles. The maximum atomic E-state index is 12.3. The lowest BCUT2D eigenvalue weighted by Gasteiger charge is -2.18. The van der Waals surface area contributed by atoms with Gasteiger partial charge in [-0.25, -0.2) is 0 Å². The van der Waals surface area contributed by atoms with Crippen molar-refractivity contribution in [1.82, 2.24) is 15.1 Å². The van der Waals surface area contributed by atoms with E-state index in [0.29, 0.717) is 11.6 Å². The molecule has 1 N–H and O–H groups in total. The Balaban J connectivity index is 2.27. The summed E-state index contributed by atoms with van der Waals surface area (Å²) >= 11 is 5.80.